The molecule has 0 radical (unpaired) electrons. The van der Waals surface area contributed by atoms with Crippen molar-refractivity contribution in [3.05, 3.63) is 58.7 Å². The van der Waals surface area contributed by atoms with E-state index in [2.05, 4.69) is 55.2 Å². The van der Waals surface area contributed by atoms with E-state index in [1.807, 2.05) is 0 Å². The second kappa shape index (κ2) is 3.26. The van der Waals surface area contributed by atoms with Crippen molar-refractivity contribution in [2.24, 2.45) is 0 Å². The first-order valence-corrected chi connectivity index (χ1v) is 6.44. The molecule has 0 fully saturated rings. The predicted octanol–water partition coefficient (Wildman–Crippen LogP) is 4.36. The van der Waals surface area contributed by atoms with Crippen LogP contribution in [0.25, 0.3) is 22.2 Å². The van der Waals surface area contributed by atoms with Crippen molar-refractivity contribution in [3.8, 4) is 11.3 Å². The van der Waals surface area contributed by atoms with E-state index in [1.165, 1.54) is 44.4 Å². The lowest BCUT2D eigenvalue weighted by molar-refractivity contribution is 1.28. The highest BCUT2D eigenvalue weighted by Gasteiger charge is 2.23. The summed E-state index contributed by atoms with van der Waals surface area (Å²) in [5.41, 5.74) is 9.63. The van der Waals surface area contributed by atoms with E-state index in [0.717, 1.165) is 6.42 Å². The fourth-order valence-corrected chi connectivity index (χ4v) is 3.19. The summed E-state index contributed by atoms with van der Waals surface area (Å²) in [4.78, 5) is 3.61. The van der Waals surface area contributed by atoms with Gasteiger partial charge in [0.25, 0.3) is 0 Å². The molecule has 0 saturated carbocycles. The standard InChI is InChI=1S/C17H15N/c1-10-6-7-13-14-9-12-5-3-4-11(2)16(12)17(14)18-15(13)8-10/h3-8,18H,9H2,1-2H3. The molecule has 1 heteroatoms. The molecule has 1 nitrogen and oxygen atoms in total. The molecule has 0 saturated heterocycles. The van der Waals surface area contributed by atoms with Crippen LogP contribution in [0.1, 0.15) is 22.3 Å². The lowest BCUT2D eigenvalue weighted by Crippen LogP contribution is -1.85. The number of hydrogen-bond acceptors (Lipinski definition) is 0. The lowest BCUT2D eigenvalue weighted by atomic mass is 10.0. The Labute approximate surface area is 106 Å². The van der Waals surface area contributed by atoms with Gasteiger partial charge in [-0.15, -0.1) is 0 Å². The summed E-state index contributed by atoms with van der Waals surface area (Å²) >= 11 is 0. The number of hydrogen-bond donors (Lipinski definition) is 1. The Bertz CT molecular complexity index is 778. The van der Waals surface area contributed by atoms with E-state index in [-0.39, 0.29) is 0 Å². The SMILES string of the molecule is Cc1ccc2c3c([nH]c2c1)-c1c(C)cccc1C3. The van der Waals surface area contributed by atoms with Crippen molar-refractivity contribution in [1.82, 2.24) is 4.98 Å². The zero-order valence-electron chi connectivity index (χ0n) is 10.7. The first-order chi connectivity index (χ1) is 8.74. The second-order valence-electron chi connectivity index (χ2n) is 5.31. The van der Waals surface area contributed by atoms with Crippen LogP contribution in [0.4, 0.5) is 0 Å². The molecule has 4 rings (SSSR count). The molecule has 2 aromatic carbocycles. The summed E-state index contributed by atoms with van der Waals surface area (Å²) in [5.74, 6) is 0. The monoisotopic (exact) mass is 233 g/mol. The van der Waals surface area contributed by atoms with E-state index < -0.39 is 0 Å². The molecule has 0 unspecified atom stereocenters. The van der Waals surface area contributed by atoms with Crippen molar-refractivity contribution in [2.45, 2.75) is 20.3 Å². The molecule has 1 heterocycles. The predicted molar refractivity (Wildman–Crippen MR) is 76.0 cm³/mol. The van der Waals surface area contributed by atoms with Gasteiger partial charge >= 0.3 is 0 Å². The molecule has 1 aliphatic carbocycles. The summed E-state index contributed by atoms with van der Waals surface area (Å²) in [5, 5.41) is 1.38. The minimum Gasteiger partial charge on any atom is -0.354 e. The molecule has 1 N–H and O–H groups in total. The average Bonchev–Trinajstić information content (AvgIpc) is 2.84. The quantitative estimate of drug-likeness (QED) is 0.464. The maximum absolute atomic E-state index is 3.61. The molecule has 0 amide bonds. The van der Waals surface area contributed by atoms with Gasteiger partial charge < -0.3 is 4.98 Å². The third kappa shape index (κ3) is 1.16. The van der Waals surface area contributed by atoms with E-state index >= 15 is 0 Å². The van der Waals surface area contributed by atoms with Gasteiger partial charge in [-0.3, -0.25) is 0 Å². The number of H-pyrrole nitrogens is 1. The third-order valence-corrected chi connectivity index (χ3v) is 4.04. The summed E-state index contributed by atoms with van der Waals surface area (Å²) in [6, 6.07) is 13.3. The minimum atomic E-state index is 1.06. The largest absolute Gasteiger partial charge is 0.354 e. The van der Waals surface area contributed by atoms with Crippen molar-refractivity contribution in [1.29, 1.82) is 0 Å². The molecule has 3 aromatic rings. The number of aromatic amines is 1. The fraction of sp³-hybridized carbons (Fsp3) is 0.176. The minimum absolute atomic E-state index is 1.06. The van der Waals surface area contributed by atoms with Gasteiger partial charge in [-0.05, 0) is 42.2 Å². The Morgan fingerprint density at radius 2 is 1.94 bits per heavy atom. The number of aromatic nitrogens is 1. The van der Waals surface area contributed by atoms with E-state index in [0.29, 0.717) is 0 Å². The van der Waals surface area contributed by atoms with E-state index in [4.69, 9.17) is 0 Å². The molecule has 0 atom stereocenters. The second-order valence-corrected chi connectivity index (χ2v) is 5.31. The maximum Gasteiger partial charge on any atom is 0.0506 e. The van der Waals surface area contributed by atoms with Crippen molar-refractivity contribution in [3.63, 3.8) is 0 Å². The summed E-state index contributed by atoms with van der Waals surface area (Å²) < 4.78 is 0. The van der Waals surface area contributed by atoms with Gasteiger partial charge in [-0.25, -0.2) is 0 Å². The zero-order chi connectivity index (χ0) is 12.3. The van der Waals surface area contributed by atoms with Gasteiger partial charge in [0.05, 0.1) is 5.69 Å². The number of benzene rings is 2. The average molecular weight is 233 g/mol. The third-order valence-electron chi connectivity index (χ3n) is 4.04. The molecule has 0 aliphatic heterocycles. The van der Waals surface area contributed by atoms with Gasteiger partial charge in [0, 0.05) is 22.9 Å². The maximum atomic E-state index is 3.61. The summed E-state index contributed by atoms with van der Waals surface area (Å²) in [7, 11) is 0. The van der Waals surface area contributed by atoms with E-state index in [1.54, 1.807) is 0 Å². The first-order valence-electron chi connectivity index (χ1n) is 6.44. The van der Waals surface area contributed by atoms with Crippen LogP contribution in [0.5, 0.6) is 0 Å². The van der Waals surface area contributed by atoms with Crippen LogP contribution in [0, 0.1) is 13.8 Å². The molecular weight excluding hydrogens is 218 g/mol. The Hall–Kier alpha value is -2.02. The summed E-state index contributed by atoms with van der Waals surface area (Å²) in [6.07, 6.45) is 1.06. The number of nitrogens with one attached hydrogen (secondary N) is 1. The van der Waals surface area contributed by atoms with Crippen LogP contribution >= 0.6 is 0 Å². The van der Waals surface area contributed by atoms with Crippen LogP contribution in [0.15, 0.2) is 36.4 Å². The summed E-state index contributed by atoms with van der Waals surface area (Å²) in [6.45, 7) is 4.34. The Morgan fingerprint density at radius 3 is 2.83 bits per heavy atom. The lowest BCUT2D eigenvalue weighted by Gasteiger charge is -2.03. The molecule has 88 valence electrons. The number of rotatable bonds is 0. The van der Waals surface area contributed by atoms with Crippen LogP contribution in [0.3, 0.4) is 0 Å². The zero-order valence-corrected chi connectivity index (χ0v) is 10.7. The van der Waals surface area contributed by atoms with E-state index in [9.17, 15) is 0 Å². The van der Waals surface area contributed by atoms with Gasteiger partial charge in [0.2, 0.25) is 0 Å². The van der Waals surface area contributed by atoms with Crippen molar-refractivity contribution in [2.75, 3.05) is 0 Å². The number of fused-ring (bicyclic) bond motifs is 5. The van der Waals surface area contributed by atoms with Gasteiger partial charge in [-0.2, -0.15) is 0 Å². The van der Waals surface area contributed by atoms with Crippen LogP contribution in [-0.2, 0) is 6.42 Å². The highest BCUT2D eigenvalue weighted by molar-refractivity contribution is 5.95. The van der Waals surface area contributed by atoms with Gasteiger partial charge in [0.1, 0.15) is 0 Å². The van der Waals surface area contributed by atoms with Crippen LogP contribution in [-0.4, -0.2) is 4.98 Å². The highest BCUT2D eigenvalue weighted by Crippen LogP contribution is 2.41. The smallest absolute Gasteiger partial charge is 0.0506 e. The highest BCUT2D eigenvalue weighted by atomic mass is 14.7. The van der Waals surface area contributed by atoms with Crippen LogP contribution < -0.4 is 0 Å². The normalized spacial score (nSPS) is 12.8. The fourth-order valence-electron chi connectivity index (χ4n) is 3.19. The number of aryl methyl sites for hydroxylation is 2. The van der Waals surface area contributed by atoms with Crippen molar-refractivity contribution < 1.29 is 0 Å². The van der Waals surface area contributed by atoms with Gasteiger partial charge in [-0.1, -0.05) is 30.3 Å². The van der Waals surface area contributed by atoms with Gasteiger partial charge in [0.15, 0.2) is 0 Å². The molecule has 18 heavy (non-hydrogen) atoms. The Kier molecular flexibility index (Phi) is 1.80. The molecule has 0 bridgehead atoms. The Balaban J connectivity index is 2.09. The topological polar surface area (TPSA) is 15.8 Å². The molecular formula is C17H15N. The van der Waals surface area contributed by atoms with Crippen molar-refractivity contribution >= 4 is 10.9 Å². The van der Waals surface area contributed by atoms with Crippen LogP contribution in [0.2, 0.25) is 0 Å². The molecule has 0 spiro atoms. The molecule has 1 aromatic heterocycles. The Morgan fingerprint density at radius 1 is 1.06 bits per heavy atom. The molecule has 1 aliphatic rings. The first kappa shape index (κ1) is 9.95.